The highest BCUT2D eigenvalue weighted by atomic mass is 16.4. The quantitative estimate of drug-likeness (QED) is 0.529. The molecule has 0 saturated heterocycles. The number of para-hydroxylation sites is 1. The van der Waals surface area contributed by atoms with Crippen molar-refractivity contribution in [3.8, 4) is 0 Å². The van der Waals surface area contributed by atoms with Gasteiger partial charge in [0.25, 0.3) is 0 Å². The number of benzene rings is 2. The lowest BCUT2D eigenvalue weighted by atomic mass is 10.0. The second-order valence-electron chi connectivity index (χ2n) is 5.48. The molecule has 2 aromatic carbocycles. The van der Waals surface area contributed by atoms with Crippen LogP contribution in [0.15, 0.2) is 63.8 Å². The van der Waals surface area contributed by atoms with Crippen molar-refractivity contribution in [1.29, 1.82) is 0 Å². The van der Waals surface area contributed by atoms with Crippen LogP contribution in [0.1, 0.15) is 29.8 Å². The van der Waals surface area contributed by atoms with Gasteiger partial charge in [-0.2, -0.15) is 0 Å². The summed E-state index contributed by atoms with van der Waals surface area (Å²) in [5, 5.41) is 0.778. The van der Waals surface area contributed by atoms with Gasteiger partial charge < -0.3 is 9.32 Å². The Morgan fingerprint density at radius 2 is 1.58 bits per heavy atom. The molecule has 0 bridgehead atoms. The largest absolute Gasteiger partial charge is 0.422 e. The van der Waals surface area contributed by atoms with E-state index in [1.165, 1.54) is 0 Å². The molecular weight excluding hydrogens is 302 g/mol. The Kier molecular flexibility index (Phi) is 4.47. The average molecular weight is 321 g/mol. The van der Waals surface area contributed by atoms with E-state index in [2.05, 4.69) is 0 Å². The van der Waals surface area contributed by atoms with Crippen molar-refractivity contribution in [3.05, 3.63) is 76.1 Å². The Morgan fingerprint density at radius 1 is 0.958 bits per heavy atom. The second-order valence-corrected chi connectivity index (χ2v) is 5.48. The minimum absolute atomic E-state index is 0.101. The Hall–Kier alpha value is -2.88. The van der Waals surface area contributed by atoms with E-state index in [0.717, 1.165) is 5.39 Å². The lowest BCUT2D eigenvalue weighted by Crippen LogP contribution is -2.28. The van der Waals surface area contributed by atoms with Crippen LogP contribution in [0.25, 0.3) is 11.0 Å². The standard InChI is InChI=1S/C20H19NO3/c1-3-21(4-2)18-15-12-8-9-13-16(15)24-20(23)17(18)19(22)14-10-6-5-7-11-14/h5-13H,3-4H2,1-2H3. The molecule has 0 aliphatic heterocycles. The van der Waals surface area contributed by atoms with Crippen LogP contribution < -0.4 is 10.5 Å². The number of anilines is 1. The number of hydrogen-bond donors (Lipinski definition) is 0. The van der Waals surface area contributed by atoms with Crippen LogP contribution in [0.2, 0.25) is 0 Å². The van der Waals surface area contributed by atoms with Crippen LogP contribution in [0.4, 0.5) is 5.69 Å². The first-order valence-corrected chi connectivity index (χ1v) is 8.07. The molecule has 0 aliphatic rings. The number of carbonyl (C=O) groups is 1. The number of carbonyl (C=O) groups excluding carboxylic acids is 1. The SMILES string of the molecule is CCN(CC)c1c(C(=O)c2ccccc2)c(=O)oc2ccccc12. The summed E-state index contributed by atoms with van der Waals surface area (Å²) in [6.45, 7) is 5.39. The van der Waals surface area contributed by atoms with Gasteiger partial charge in [-0.15, -0.1) is 0 Å². The first-order chi connectivity index (χ1) is 11.7. The summed E-state index contributed by atoms with van der Waals surface area (Å²) in [6.07, 6.45) is 0. The fourth-order valence-electron chi connectivity index (χ4n) is 2.94. The molecule has 122 valence electrons. The third kappa shape index (κ3) is 2.71. The van der Waals surface area contributed by atoms with E-state index in [-0.39, 0.29) is 11.3 Å². The number of nitrogens with zero attached hydrogens (tertiary/aromatic N) is 1. The van der Waals surface area contributed by atoms with Crippen molar-refractivity contribution < 1.29 is 9.21 Å². The topological polar surface area (TPSA) is 50.5 Å². The summed E-state index contributed by atoms with van der Waals surface area (Å²) in [7, 11) is 0. The van der Waals surface area contributed by atoms with Gasteiger partial charge in [-0.05, 0) is 26.0 Å². The Morgan fingerprint density at radius 3 is 2.25 bits per heavy atom. The van der Waals surface area contributed by atoms with Gasteiger partial charge in [-0.1, -0.05) is 42.5 Å². The third-order valence-electron chi connectivity index (χ3n) is 4.13. The van der Waals surface area contributed by atoms with Gasteiger partial charge >= 0.3 is 5.63 Å². The van der Waals surface area contributed by atoms with Crippen molar-refractivity contribution in [3.63, 3.8) is 0 Å². The third-order valence-corrected chi connectivity index (χ3v) is 4.13. The fourth-order valence-corrected chi connectivity index (χ4v) is 2.94. The number of fused-ring (bicyclic) bond motifs is 1. The van der Waals surface area contributed by atoms with Gasteiger partial charge in [0, 0.05) is 24.0 Å². The molecule has 0 atom stereocenters. The number of hydrogen-bond acceptors (Lipinski definition) is 4. The van der Waals surface area contributed by atoms with Gasteiger partial charge in [-0.3, -0.25) is 4.79 Å². The van der Waals surface area contributed by atoms with Gasteiger partial charge in [0.1, 0.15) is 11.1 Å². The molecule has 24 heavy (non-hydrogen) atoms. The first kappa shape index (κ1) is 16.0. The number of rotatable bonds is 5. The molecule has 0 unspecified atom stereocenters. The molecule has 0 N–H and O–H groups in total. The van der Waals surface area contributed by atoms with Crippen LogP contribution in [0, 0.1) is 0 Å². The smallest absolute Gasteiger partial charge is 0.349 e. The van der Waals surface area contributed by atoms with Crippen LogP contribution in [-0.4, -0.2) is 18.9 Å². The van der Waals surface area contributed by atoms with Gasteiger partial charge in [0.2, 0.25) is 5.78 Å². The summed E-state index contributed by atoms with van der Waals surface area (Å²) in [6, 6.07) is 16.2. The number of ketones is 1. The molecular formula is C20H19NO3. The highest BCUT2D eigenvalue weighted by molar-refractivity contribution is 6.15. The summed E-state index contributed by atoms with van der Waals surface area (Å²) in [5.74, 6) is -0.308. The van der Waals surface area contributed by atoms with E-state index in [1.54, 1.807) is 30.3 Å². The molecule has 0 saturated carbocycles. The molecule has 0 spiro atoms. The lowest BCUT2D eigenvalue weighted by molar-refractivity contribution is 0.103. The maximum atomic E-state index is 13.0. The molecule has 0 radical (unpaired) electrons. The minimum Gasteiger partial charge on any atom is -0.422 e. The highest BCUT2D eigenvalue weighted by Gasteiger charge is 2.24. The van der Waals surface area contributed by atoms with Crippen molar-refractivity contribution in [2.75, 3.05) is 18.0 Å². The molecule has 0 amide bonds. The maximum absolute atomic E-state index is 13.0. The van der Waals surface area contributed by atoms with Crippen LogP contribution in [0.5, 0.6) is 0 Å². The second kappa shape index (κ2) is 6.71. The molecule has 1 aromatic heterocycles. The predicted molar refractivity (Wildman–Crippen MR) is 95.9 cm³/mol. The summed E-state index contributed by atoms with van der Waals surface area (Å²) < 4.78 is 5.41. The van der Waals surface area contributed by atoms with Crippen LogP contribution in [-0.2, 0) is 0 Å². The van der Waals surface area contributed by atoms with Crippen molar-refractivity contribution in [2.45, 2.75) is 13.8 Å². The van der Waals surface area contributed by atoms with Gasteiger partial charge in [0.05, 0.1) is 5.69 Å². The zero-order valence-corrected chi connectivity index (χ0v) is 13.8. The van der Waals surface area contributed by atoms with Crippen molar-refractivity contribution >= 4 is 22.4 Å². The zero-order chi connectivity index (χ0) is 17.1. The van der Waals surface area contributed by atoms with E-state index < -0.39 is 5.63 Å². The van der Waals surface area contributed by atoms with Crippen LogP contribution >= 0.6 is 0 Å². The highest BCUT2D eigenvalue weighted by Crippen LogP contribution is 2.30. The van der Waals surface area contributed by atoms with E-state index in [1.807, 2.05) is 43.0 Å². The average Bonchev–Trinajstić information content (AvgIpc) is 2.62. The van der Waals surface area contributed by atoms with Crippen molar-refractivity contribution in [1.82, 2.24) is 0 Å². The molecule has 0 aliphatic carbocycles. The molecule has 4 heteroatoms. The van der Waals surface area contributed by atoms with E-state index in [0.29, 0.717) is 29.9 Å². The van der Waals surface area contributed by atoms with Crippen molar-refractivity contribution in [2.24, 2.45) is 0 Å². The molecule has 3 aromatic rings. The van der Waals surface area contributed by atoms with Crippen LogP contribution in [0.3, 0.4) is 0 Å². The first-order valence-electron chi connectivity index (χ1n) is 8.07. The summed E-state index contributed by atoms with van der Waals surface area (Å²) >= 11 is 0. The molecule has 3 rings (SSSR count). The maximum Gasteiger partial charge on any atom is 0.349 e. The minimum atomic E-state index is -0.593. The normalized spacial score (nSPS) is 10.8. The summed E-state index contributed by atoms with van der Waals surface area (Å²) in [4.78, 5) is 27.6. The van der Waals surface area contributed by atoms with Gasteiger partial charge in [-0.25, -0.2) is 4.79 Å². The monoisotopic (exact) mass is 321 g/mol. The Labute approximate surface area is 140 Å². The van der Waals surface area contributed by atoms with E-state index in [4.69, 9.17) is 4.42 Å². The Balaban J connectivity index is 2.34. The van der Waals surface area contributed by atoms with E-state index >= 15 is 0 Å². The summed E-state index contributed by atoms with van der Waals surface area (Å²) in [5.41, 5.74) is 1.14. The zero-order valence-electron chi connectivity index (χ0n) is 13.8. The molecule has 4 nitrogen and oxygen atoms in total. The predicted octanol–water partition coefficient (Wildman–Crippen LogP) is 3.87. The Bertz CT molecular complexity index is 925. The lowest BCUT2D eigenvalue weighted by Gasteiger charge is -2.24. The van der Waals surface area contributed by atoms with Gasteiger partial charge in [0.15, 0.2) is 0 Å². The fraction of sp³-hybridized carbons (Fsp3) is 0.200. The van der Waals surface area contributed by atoms with E-state index in [9.17, 15) is 9.59 Å². The molecule has 1 heterocycles. The molecule has 0 fully saturated rings.